The number of para-hydroxylation sites is 1. The predicted molar refractivity (Wildman–Crippen MR) is 89.1 cm³/mol. The van der Waals surface area contributed by atoms with E-state index < -0.39 is 0 Å². The Morgan fingerprint density at radius 1 is 1.14 bits per heavy atom. The molecule has 2 aromatic rings. The van der Waals surface area contributed by atoms with Crippen LogP contribution in [-0.4, -0.2) is 18.7 Å². The van der Waals surface area contributed by atoms with Gasteiger partial charge in [-0.25, -0.2) is 5.43 Å². The van der Waals surface area contributed by atoms with Gasteiger partial charge < -0.3 is 4.74 Å². The molecule has 0 aliphatic carbocycles. The van der Waals surface area contributed by atoms with Crippen molar-refractivity contribution >= 4 is 29.8 Å². The number of halogens is 1. The van der Waals surface area contributed by atoms with Crippen LogP contribution < -0.4 is 10.2 Å². The minimum atomic E-state index is -0.357. The van der Waals surface area contributed by atoms with Crippen LogP contribution in [0.3, 0.4) is 0 Å². The number of hydrogen-bond donors (Lipinski definition) is 1. The number of hydrazone groups is 1. The van der Waals surface area contributed by atoms with Gasteiger partial charge in [0.05, 0.1) is 5.02 Å². The molecule has 0 heterocycles. The fourth-order valence-corrected chi connectivity index (χ4v) is 1.80. The maximum Gasteiger partial charge on any atom is 0.277 e. The van der Waals surface area contributed by atoms with E-state index in [-0.39, 0.29) is 12.5 Å². The van der Waals surface area contributed by atoms with Gasteiger partial charge in [-0.2, -0.15) is 5.10 Å². The van der Waals surface area contributed by atoms with Crippen LogP contribution in [0.25, 0.3) is 6.08 Å². The van der Waals surface area contributed by atoms with E-state index in [4.69, 9.17) is 16.3 Å². The summed E-state index contributed by atoms with van der Waals surface area (Å²) in [6, 6.07) is 16.8. The lowest BCUT2D eigenvalue weighted by molar-refractivity contribution is -0.123. The van der Waals surface area contributed by atoms with E-state index in [1.807, 2.05) is 36.4 Å². The molecule has 4 nitrogen and oxygen atoms in total. The third-order valence-electron chi connectivity index (χ3n) is 2.63. The second-order valence-corrected chi connectivity index (χ2v) is 4.71. The zero-order valence-corrected chi connectivity index (χ0v) is 12.5. The number of ether oxygens (including phenoxy) is 1. The largest absolute Gasteiger partial charge is 0.482 e. The fourth-order valence-electron chi connectivity index (χ4n) is 1.61. The molecule has 0 radical (unpaired) electrons. The van der Waals surface area contributed by atoms with Crippen LogP contribution in [0, 0.1) is 0 Å². The minimum absolute atomic E-state index is 0.149. The Bertz CT molecular complexity index is 669. The second-order valence-electron chi connectivity index (χ2n) is 4.30. The molecule has 2 aromatic carbocycles. The summed E-state index contributed by atoms with van der Waals surface area (Å²) in [5, 5.41) is 4.26. The summed E-state index contributed by atoms with van der Waals surface area (Å²) in [7, 11) is 0. The van der Waals surface area contributed by atoms with Crippen molar-refractivity contribution in [3.8, 4) is 5.75 Å². The monoisotopic (exact) mass is 314 g/mol. The number of amides is 1. The SMILES string of the molecule is O=C(COc1ccccc1Cl)N/N=C\C=C\c1ccccc1. The molecule has 0 bridgehead atoms. The Morgan fingerprint density at radius 2 is 1.86 bits per heavy atom. The van der Waals surface area contributed by atoms with Gasteiger partial charge in [-0.3, -0.25) is 4.79 Å². The third kappa shape index (κ3) is 5.42. The molecule has 0 aliphatic rings. The normalized spacial score (nSPS) is 11.0. The molecule has 2 rings (SSSR count). The summed E-state index contributed by atoms with van der Waals surface area (Å²) < 4.78 is 5.29. The first-order valence-corrected chi connectivity index (χ1v) is 7.04. The molecule has 112 valence electrons. The quantitative estimate of drug-likeness (QED) is 0.655. The molecule has 0 spiro atoms. The highest BCUT2D eigenvalue weighted by Gasteiger charge is 2.03. The summed E-state index contributed by atoms with van der Waals surface area (Å²) in [5.74, 6) is 0.108. The van der Waals surface area contributed by atoms with Crippen molar-refractivity contribution in [3.63, 3.8) is 0 Å². The predicted octanol–water partition coefficient (Wildman–Crippen LogP) is 3.53. The highest BCUT2D eigenvalue weighted by Crippen LogP contribution is 2.22. The highest BCUT2D eigenvalue weighted by atomic mass is 35.5. The molecular formula is C17H15ClN2O2. The van der Waals surface area contributed by atoms with Gasteiger partial charge in [0.25, 0.3) is 5.91 Å². The molecule has 0 atom stereocenters. The van der Waals surface area contributed by atoms with E-state index in [1.165, 1.54) is 6.21 Å². The average molecular weight is 315 g/mol. The van der Waals surface area contributed by atoms with Gasteiger partial charge in [0.1, 0.15) is 5.75 Å². The number of hydrogen-bond acceptors (Lipinski definition) is 3. The molecule has 0 saturated carbocycles. The summed E-state index contributed by atoms with van der Waals surface area (Å²) in [5.41, 5.74) is 3.43. The van der Waals surface area contributed by atoms with Crippen molar-refractivity contribution in [3.05, 3.63) is 71.3 Å². The Balaban J connectivity index is 1.73. The number of carbonyl (C=O) groups is 1. The van der Waals surface area contributed by atoms with Crippen LogP contribution in [0.5, 0.6) is 5.75 Å². The van der Waals surface area contributed by atoms with Gasteiger partial charge in [-0.15, -0.1) is 0 Å². The molecule has 0 aliphatic heterocycles. The first-order valence-electron chi connectivity index (χ1n) is 6.66. The lowest BCUT2D eigenvalue weighted by atomic mass is 10.2. The van der Waals surface area contributed by atoms with Crippen LogP contribution in [0.15, 0.2) is 65.8 Å². The van der Waals surface area contributed by atoms with E-state index in [1.54, 1.807) is 30.3 Å². The highest BCUT2D eigenvalue weighted by molar-refractivity contribution is 6.32. The first-order chi connectivity index (χ1) is 10.8. The minimum Gasteiger partial charge on any atom is -0.482 e. The Kier molecular flexibility index (Phi) is 6.20. The van der Waals surface area contributed by atoms with Crippen molar-refractivity contribution in [1.29, 1.82) is 0 Å². The van der Waals surface area contributed by atoms with Crippen molar-refractivity contribution in [2.24, 2.45) is 5.10 Å². The molecule has 0 aromatic heterocycles. The van der Waals surface area contributed by atoms with E-state index in [2.05, 4.69) is 10.5 Å². The van der Waals surface area contributed by atoms with Crippen molar-refractivity contribution in [2.75, 3.05) is 6.61 Å². The molecule has 5 heteroatoms. The van der Waals surface area contributed by atoms with E-state index in [9.17, 15) is 4.79 Å². The van der Waals surface area contributed by atoms with Crippen molar-refractivity contribution in [1.82, 2.24) is 5.43 Å². The Hall–Kier alpha value is -2.59. The maximum atomic E-state index is 11.5. The van der Waals surface area contributed by atoms with Gasteiger partial charge >= 0.3 is 0 Å². The fraction of sp³-hybridized carbons (Fsp3) is 0.0588. The van der Waals surface area contributed by atoms with E-state index in [0.29, 0.717) is 10.8 Å². The number of carbonyl (C=O) groups excluding carboxylic acids is 1. The zero-order chi connectivity index (χ0) is 15.6. The lowest BCUT2D eigenvalue weighted by Gasteiger charge is -2.05. The van der Waals surface area contributed by atoms with Gasteiger partial charge in [0, 0.05) is 6.21 Å². The summed E-state index contributed by atoms with van der Waals surface area (Å²) in [6.45, 7) is -0.149. The molecule has 0 saturated heterocycles. The van der Waals surface area contributed by atoms with Crippen molar-refractivity contribution < 1.29 is 9.53 Å². The van der Waals surface area contributed by atoms with Crippen LogP contribution in [-0.2, 0) is 4.79 Å². The summed E-state index contributed by atoms with van der Waals surface area (Å²) >= 11 is 5.92. The number of nitrogens with one attached hydrogen (secondary N) is 1. The van der Waals surface area contributed by atoms with Crippen LogP contribution >= 0.6 is 11.6 Å². The maximum absolute atomic E-state index is 11.5. The molecule has 0 fully saturated rings. The molecule has 0 unspecified atom stereocenters. The van der Waals surface area contributed by atoms with Crippen LogP contribution in [0.2, 0.25) is 5.02 Å². The Morgan fingerprint density at radius 3 is 2.64 bits per heavy atom. The van der Waals surface area contributed by atoms with Crippen molar-refractivity contribution in [2.45, 2.75) is 0 Å². The van der Waals surface area contributed by atoms with E-state index in [0.717, 1.165) is 5.56 Å². The molecule has 1 amide bonds. The zero-order valence-electron chi connectivity index (χ0n) is 11.8. The average Bonchev–Trinajstić information content (AvgIpc) is 2.55. The van der Waals surface area contributed by atoms with Crippen LogP contribution in [0.4, 0.5) is 0 Å². The first kappa shape index (κ1) is 15.8. The summed E-state index contributed by atoms with van der Waals surface area (Å²) in [6.07, 6.45) is 5.13. The number of allylic oxidation sites excluding steroid dienone is 1. The lowest BCUT2D eigenvalue weighted by Crippen LogP contribution is -2.24. The molecule has 1 N–H and O–H groups in total. The number of rotatable bonds is 6. The van der Waals surface area contributed by atoms with Crippen LogP contribution in [0.1, 0.15) is 5.56 Å². The standard InChI is InChI=1S/C17H15ClN2O2/c18-15-10-4-5-11-16(15)22-13-17(21)20-19-12-6-9-14-7-2-1-3-8-14/h1-12H,13H2,(H,20,21)/b9-6+,19-12-. The van der Waals surface area contributed by atoms with Gasteiger partial charge in [0.15, 0.2) is 6.61 Å². The van der Waals surface area contributed by atoms with E-state index >= 15 is 0 Å². The Labute approximate surface area is 134 Å². The smallest absolute Gasteiger partial charge is 0.277 e. The molecule has 22 heavy (non-hydrogen) atoms. The summed E-state index contributed by atoms with van der Waals surface area (Å²) in [4.78, 5) is 11.5. The number of benzene rings is 2. The number of nitrogens with zero attached hydrogens (tertiary/aromatic N) is 1. The second kappa shape index (κ2) is 8.64. The van der Waals surface area contributed by atoms with Gasteiger partial charge in [0.2, 0.25) is 0 Å². The van der Waals surface area contributed by atoms with Gasteiger partial charge in [-0.05, 0) is 23.8 Å². The molecular weight excluding hydrogens is 300 g/mol. The van der Waals surface area contributed by atoms with Gasteiger partial charge in [-0.1, -0.05) is 60.1 Å². The third-order valence-corrected chi connectivity index (χ3v) is 2.95. The topological polar surface area (TPSA) is 50.7 Å².